The second-order valence-corrected chi connectivity index (χ2v) is 5.27. The van der Waals surface area contributed by atoms with E-state index in [-0.39, 0.29) is 28.4 Å². The van der Waals surface area contributed by atoms with Crippen LogP contribution in [0.2, 0.25) is 10.2 Å². The van der Waals surface area contributed by atoms with Gasteiger partial charge < -0.3 is 15.4 Å². The summed E-state index contributed by atoms with van der Waals surface area (Å²) in [6, 6.07) is 9.63. The lowest BCUT2D eigenvalue weighted by molar-refractivity contribution is -0.119. The molecule has 2 rings (SSSR count). The first-order valence-electron chi connectivity index (χ1n) is 6.52. The van der Waals surface area contributed by atoms with Crippen LogP contribution in [0, 0.1) is 0 Å². The molecule has 0 atom stereocenters. The molecule has 1 aromatic heterocycles. The van der Waals surface area contributed by atoms with Crippen molar-refractivity contribution in [3.05, 3.63) is 52.3 Å². The molecule has 0 aliphatic heterocycles. The molecule has 2 aromatic rings. The van der Waals surface area contributed by atoms with E-state index in [0.29, 0.717) is 11.4 Å². The van der Waals surface area contributed by atoms with Gasteiger partial charge in [-0.3, -0.25) is 9.59 Å². The molecule has 0 saturated heterocycles. The minimum Gasteiger partial charge on any atom is -0.375 e. The molecule has 0 radical (unpaired) electrons. The van der Waals surface area contributed by atoms with Gasteiger partial charge >= 0.3 is 0 Å². The Morgan fingerprint density at radius 3 is 2.52 bits per heavy atom. The van der Waals surface area contributed by atoms with Crippen molar-refractivity contribution in [1.29, 1.82) is 0 Å². The fraction of sp³-hybridized carbons (Fsp3) is 0.133. The number of rotatable bonds is 5. The summed E-state index contributed by atoms with van der Waals surface area (Å²) < 4.78 is 4.74. The highest BCUT2D eigenvalue weighted by molar-refractivity contribution is 6.35. The Balaban J connectivity index is 2.12. The molecule has 2 amide bonds. The van der Waals surface area contributed by atoms with Gasteiger partial charge in [-0.05, 0) is 30.3 Å². The van der Waals surface area contributed by atoms with E-state index in [1.54, 1.807) is 24.3 Å². The zero-order chi connectivity index (χ0) is 16.8. The van der Waals surface area contributed by atoms with E-state index in [1.807, 2.05) is 0 Å². The van der Waals surface area contributed by atoms with Crippen molar-refractivity contribution in [3.63, 3.8) is 0 Å². The molecule has 1 aromatic carbocycles. The van der Waals surface area contributed by atoms with Gasteiger partial charge in [-0.1, -0.05) is 29.3 Å². The van der Waals surface area contributed by atoms with Gasteiger partial charge in [0.25, 0.3) is 5.91 Å². The van der Waals surface area contributed by atoms with E-state index in [9.17, 15) is 9.59 Å². The van der Waals surface area contributed by atoms with E-state index in [4.69, 9.17) is 27.9 Å². The fourth-order valence-corrected chi connectivity index (χ4v) is 2.11. The largest absolute Gasteiger partial charge is 0.375 e. The number of halogens is 2. The van der Waals surface area contributed by atoms with Gasteiger partial charge in [0.15, 0.2) is 0 Å². The van der Waals surface area contributed by atoms with Crippen LogP contribution in [0.15, 0.2) is 36.4 Å². The van der Waals surface area contributed by atoms with Crippen LogP contribution in [0.25, 0.3) is 0 Å². The van der Waals surface area contributed by atoms with Gasteiger partial charge in [0.05, 0.1) is 5.02 Å². The average Bonchev–Trinajstić information content (AvgIpc) is 2.50. The number of carbonyl (C=O) groups is 2. The van der Waals surface area contributed by atoms with Gasteiger partial charge in [0.1, 0.15) is 17.5 Å². The fourth-order valence-electron chi connectivity index (χ4n) is 1.77. The molecule has 0 aliphatic carbocycles. The van der Waals surface area contributed by atoms with Gasteiger partial charge in [-0.25, -0.2) is 4.98 Å². The predicted octanol–water partition coefficient (Wildman–Crippen LogP) is 3.23. The van der Waals surface area contributed by atoms with E-state index >= 15 is 0 Å². The third-order valence-electron chi connectivity index (χ3n) is 2.71. The Morgan fingerprint density at radius 2 is 1.83 bits per heavy atom. The number of anilines is 2. The Hall–Kier alpha value is -2.15. The van der Waals surface area contributed by atoms with Crippen LogP contribution in [0.3, 0.4) is 0 Å². The average molecular weight is 354 g/mol. The van der Waals surface area contributed by atoms with Crippen molar-refractivity contribution >= 4 is 46.4 Å². The lowest BCUT2D eigenvalue weighted by Gasteiger charge is -2.09. The predicted molar refractivity (Wildman–Crippen MR) is 89.2 cm³/mol. The maximum absolute atomic E-state index is 12.2. The highest BCUT2D eigenvalue weighted by Gasteiger charge is 2.13. The minimum atomic E-state index is -0.502. The van der Waals surface area contributed by atoms with Gasteiger partial charge in [-0.15, -0.1) is 0 Å². The maximum atomic E-state index is 12.2. The van der Waals surface area contributed by atoms with E-state index < -0.39 is 5.91 Å². The summed E-state index contributed by atoms with van der Waals surface area (Å²) in [6.45, 7) is -0.0569. The lowest BCUT2D eigenvalue weighted by Crippen LogP contribution is -2.18. The Kier molecular flexibility index (Phi) is 5.92. The van der Waals surface area contributed by atoms with Crippen LogP contribution in [-0.2, 0) is 9.53 Å². The number of hydrogen-bond acceptors (Lipinski definition) is 4. The second-order valence-electron chi connectivity index (χ2n) is 4.48. The number of nitrogens with one attached hydrogen (secondary N) is 2. The molecule has 23 heavy (non-hydrogen) atoms. The Labute approximate surface area is 142 Å². The molecule has 1 heterocycles. The molecule has 0 saturated carbocycles. The normalized spacial score (nSPS) is 10.2. The summed E-state index contributed by atoms with van der Waals surface area (Å²) in [5, 5.41) is 5.64. The molecule has 2 N–H and O–H groups in total. The molecule has 0 unspecified atom stereocenters. The van der Waals surface area contributed by atoms with E-state index in [2.05, 4.69) is 15.6 Å². The van der Waals surface area contributed by atoms with Crippen LogP contribution in [0.5, 0.6) is 0 Å². The Bertz CT molecular complexity index is 738. The third-order valence-corrected chi connectivity index (χ3v) is 3.22. The number of amides is 2. The molecule has 8 heteroatoms. The molecule has 0 bridgehead atoms. The smallest absolute Gasteiger partial charge is 0.275 e. The molecule has 120 valence electrons. The van der Waals surface area contributed by atoms with Crippen LogP contribution in [-0.4, -0.2) is 30.5 Å². The van der Waals surface area contributed by atoms with Gasteiger partial charge in [0.2, 0.25) is 5.91 Å². The lowest BCUT2D eigenvalue weighted by atomic mass is 10.2. The summed E-state index contributed by atoms with van der Waals surface area (Å²) in [4.78, 5) is 27.6. The monoisotopic (exact) mass is 353 g/mol. The van der Waals surface area contributed by atoms with Crippen molar-refractivity contribution in [2.75, 3.05) is 24.4 Å². The summed E-state index contributed by atoms with van der Waals surface area (Å²) in [5.41, 5.74) is 1.02. The highest BCUT2D eigenvalue weighted by atomic mass is 35.5. The number of ether oxygens (including phenoxy) is 1. The molecular weight excluding hydrogens is 341 g/mol. The standard InChI is InChI=1S/C15H13Cl2N3O3/c1-23-8-13(21)18-9-3-2-4-10(7-9)19-15(22)14-11(16)5-6-12(17)20-14/h2-7H,8H2,1H3,(H,18,21)(H,19,22). The minimum absolute atomic E-state index is 0.0213. The number of aromatic nitrogens is 1. The van der Waals surface area contributed by atoms with Crippen molar-refractivity contribution in [2.45, 2.75) is 0 Å². The van der Waals surface area contributed by atoms with Crippen molar-refractivity contribution in [3.8, 4) is 0 Å². The van der Waals surface area contributed by atoms with Crippen molar-refractivity contribution in [2.24, 2.45) is 0 Å². The zero-order valence-electron chi connectivity index (χ0n) is 12.1. The number of hydrogen-bond donors (Lipinski definition) is 2. The van der Waals surface area contributed by atoms with Crippen LogP contribution >= 0.6 is 23.2 Å². The Morgan fingerprint density at radius 1 is 1.13 bits per heavy atom. The van der Waals surface area contributed by atoms with Crippen LogP contribution in [0.4, 0.5) is 11.4 Å². The molecule has 6 nitrogen and oxygen atoms in total. The topological polar surface area (TPSA) is 80.3 Å². The number of methoxy groups -OCH3 is 1. The first-order valence-corrected chi connectivity index (χ1v) is 7.27. The maximum Gasteiger partial charge on any atom is 0.275 e. The highest BCUT2D eigenvalue weighted by Crippen LogP contribution is 2.20. The summed E-state index contributed by atoms with van der Waals surface area (Å²) in [7, 11) is 1.43. The summed E-state index contributed by atoms with van der Waals surface area (Å²) in [5.74, 6) is -0.798. The third kappa shape index (κ3) is 4.92. The second kappa shape index (κ2) is 7.92. The molecule has 0 aliphatic rings. The zero-order valence-corrected chi connectivity index (χ0v) is 13.6. The van der Waals surface area contributed by atoms with E-state index in [0.717, 1.165) is 0 Å². The van der Waals surface area contributed by atoms with Gasteiger partial charge in [0, 0.05) is 18.5 Å². The summed E-state index contributed by atoms with van der Waals surface area (Å²) in [6.07, 6.45) is 0. The van der Waals surface area contributed by atoms with E-state index in [1.165, 1.54) is 19.2 Å². The summed E-state index contributed by atoms with van der Waals surface area (Å²) >= 11 is 11.7. The molecular formula is C15H13Cl2N3O3. The van der Waals surface area contributed by atoms with Crippen molar-refractivity contribution in [1.82, 2.24) is 4.98 Å². The quantitative estimate of drug-likeness (QED) is 0.808. The van der Waals surface area contributed by atoms with Crippen LogP contribution < -0.4 is 10.6 Å². The number of benzene rings is 1. The van der Waals surface area contributed by atoms with Gasteiger partial charge in [-0.2, -0.15) is 0 Å². The number of pyridine rings is 1. The molecule has 0 spiro atoms. The first kappa shape index (κ1) is 17.2. The molecule has 0 fully saturated rings. The van der Waals surface area contributed by atoms with Crippen molar-refractivity contribution < 1.29 is 14.3 Å². The van der Waals surface area contributed by atoms with Crippen LogP contribution in [0.1, 0.15) is 10.5 Å². The SMILES string of the molecule is COCC(=O)Nc1cccc(NC(=O)c2nc(Cl)ccc2Cl)c1. The first-order chi connectivity index (χ1) is 11.0. The number of carbonyl (C=O) groups excluding carboxylic acids is 2. The number of nitrogens with zero attached hydrogens (tertiary/aromatic N) is 1.